The molecule has 2 unspecified atom stereocenters. The molecule has 1 spiro atoms. The van der Waals surface area contributed by atoms with Crippen molar-refractivity contribution < 1.29 is 13.9 Å². The summed E-state index contributed by atoms with van der Waals surface area (Å²) in [6, 6.07) is 19.2. The second-order valence-corrected chi connectivity index (χ2v) is 17.2. The molecular formula is C44H54FN5O2. The Balaban J connectivity index is 1.22. The number of ether oxygens (including phenoxy) is 1. The molecule has 2 heterocycles. The van der Waals surface area contributed by atoms with Crippen LogP contribution in [0.1, 0.15) is 110 Å². The van der Waals surface area contributed by atoms with Gasteiger partial charge in [-0.05, 0) is 119 Å². The maximum atomic E-state index is 15.8. The molecule has 2 aromatic heterocycles. The number of anilines is 1. The first-order chi connectivity index (χ1) is 24.7. The molecule has 4 aromatic rings. The molecular weight excluding hydrogens is 650 g/mol. The van der Waals surface area contributed by atoms with Crippen LogP contribution in [0.15, 0.2) is 60.7 Å². The fourth-order valence-electron chi connectivity index (χ4n) is 8.62. The van der Waals surface area contributed by atoms with Crippen molar-refractivity contribution in [3.05, 3.63) is 100 Å². The molecule has 7 nitrogen and oxygen atoms in total. The third-order valence-corrected chi connectivity index (χ3v) is 11.7. The number of hydrogen-bond acceptors (Lipinski definition) is 6. The van der Waals surface area contributed by atoms with Gasteiger partial charge in [-0.3, -0.25) is 4.79 Å². The van der Waals surface area contributed by atoms with Crippen molar-refractivity contribution in [1.82, 2.24) is 19.9 Å². The number of benzene rings is 2. The predicted octanol–water partition coefficient (Wildman–Crippen LogP) is 9.56. The second-order valence-electron chi connectivity index (χ2n) is 17.2. The summed E-state index contributed by atoms with van der Waals surface area (Å²) >= 11 is 0. The highest BCUT2D eigenvalue weighted by atomic mass is 19.1. The van der Waals surface area contributed by atoms with Gasteiger partial charge >= 0.3 is 0 Å². The van der Waals surface area contributed by atoms with E-state index in [9.17, 15) is 4.79 Å². The van der Waals surface area contributed by atoms with Crippen LogP contribution in [0, 0.1) is 44.3 Å². The maximum Gasteiger partial charge on any atom is 0.254 e. The van der Waals surface area contributed by atoms with E-state index in [2.05, 4.69) is 69.7 Å². The molecule has 0 saturated heterocycles. The van der Waals surface area contributed by atoms with E-state index in [1.807, 2.05) is 55.1 Å². The van der Waals surface area contributed by atoms with E-state index in [0.29, 0.717) is 40.8 Å². The van der Waals surface area contributed by atoms with E-state index < -0.39 is 0 Å². The van der Waals surface area contributed by atoms with Crippen LogP contribution in [-0.4, -0.2) is 57.5 Å². The lowest BCUT2D eigenvalue weighted by Gasteiger charge is -2.48. The van der Waals surface area contributed by atoms with E-state index >= 15 is 4.39 Å². The lowest BCUT2D eigenvalue weighted by atomic mass is 9.74. The molecule has 0 aliphatic heterocycles. The largest absolute Gasteiger partial charge is 0.475 e. The zero-order valence-electron chi connectivity index (χ0n) is 32.2. The molecule has 3 aliphatic rings. The predicted molar refractivity (Wildman–Crippen MR) is 205 cm³/mol. The third-order valence-electron chi connectivity index (χ3n) is 11.7. The Labute approximate surface area is 309 Å². The highest BCUT2D eigenvalue weighted by Crippen LogP contribution is 2.62. The third kappa shape index (κ3) is 7.44. The fourth-order valence-corrected chi connectivity index (χ4v) is 8.62. The molecule has 3 atom stereocenters. The Bertz CT molecular complexity index is 1940. The first-order valence-corrected chi connectivity index (χ1v) is 19.0. The Morgan fingerprint density at radius 2 is 1.65 bits per heavy atom. The first-order valence-electron chi connectivity index (χ1n) is 19.0. The van der Waals surface area contributed by atoms with Crippen LogP contribution in [0.4, 0.5) is 10.2 Å². The number of carbonyl (C=O) groups excluding carboxylic acids is 1. The van der Waals surface area contributed by atoms with Crippen LogP contribution >= 0.6 is 0 Å². The van der Waals surface area contributed by atoms with Crippen LogP contribution in [0.3, 0.4) is 0 Å². The average Bonchev–Trinajstić information content (AvgIpc) is 3.86. The van der Waals surface area contributed by atoms with E-state index in [1.54, 1.807) is 6.07 Å². The zero-order chi connectivity index (χ0) is 36.9. The van der Waals surface area contributed by atoms with Crippen molar-refractivity contribution >= 4 is 11.7 Å². The van der Waals surface area contributed by atoms with E-state index in [1.165, 1.54) is 25.7 Å². The number of hydrogen-bond donors (Lipinski definition) is 0. The average molecular weight is 704 g/mol. The highest BCUT2D eigenvalue weighted by Gasteiger charge is 2.54. The minimum absolute atomic E-state index is 0.0655. The van der Waals surface area contributed by atoms with E-state index in [-0.39, 0.29) is 41.7 Å². The summed E-state index contributed by atoms with van der Waals surface area (Å²) in [5.74, 6) is 1.31. The molecule has 0 radical (unpaired) electrons. The molecule has 0 bridgehead atoms. The van der Waals surface area contributed by atoms with Gasteiger partial charge in [-0.2, -0.15) is 4.98 Å². The van der Waals surface area contributed by atoms with Crippen LogP contribution in [-0.2, 0) is 0 Å². The minimum atomic E-state index is -0.307. The molecule has 52 heavy (non-hydrogen) atoms. The van der Waals surface area contributed by atoms with Crippen LogP contribution in [0.25, 0.3) is 11.3 Å². The normalized spacial score (nSPS) is 19.8. The number of rotatable bonds is 11. The summed E-state index contributed by atoms with van der Waals surface area (Å²) in [5, 5.41) is 0. The molecule has 3 fully saturated rings. The van der Waals surface area contributed by atoms with Gasteiger partial charge in [0.25, 0.3) is 5.91 Å². The highest BCUT2D eigenvalue weighted by molar-refractivity contribution is 5.95. The Morgan fingerprint density at radius 3 is 2.29 bits per heavy atom. The molecule has 3 saturated carbocycles. The van der Waals surface area contributed by atoms with Gasteiger partial charge in [0.05, 0.1) is 17.4 Å². The summed E-state index contributed by atoms with van der Waals surface area (Å²) in [5.41, 5.74) is 6.70. The first kappa shape index (κ1) is 36.0. The van der Waals surface area contributed by atoms with E-state index in [4.69, 9.17) is 14.7 Å². The lowest BCUT2D eigenvalue weighted by molar-refractivity contribution is 0.0157. The van der Waals surface area contributed by atoms with Crippen LogP contribution in [0.5, 0.6) is 5.88 Å². The van der Waals surface area contributed by atoms with Gasteiger partial charge in [-0.25, -0.2) is 14.4 Å². The number of pyridine rings is 1. The number of nitrogens with zero attached hydrogens (tertiary/aromatic N) is 5. The van der Waals surface area contributed by atoms with Gasteiger partial charge in [0.15, 0.2) is 0 Å². The Morgan fingerprint density at radius 1 is 0.942 bits per heavy atom. The lowest BCUT2D eigenvalue weighted by Crippen LogP contribution is -2.56. The summed E-state index contributed by atoms with van der Waals surface area (Å²) in [4.78, 5) is 33.5. The van der Waals surface area contributed by atoms with E-state index in [0.717, 1.165) is 46.6 Å². The Kier molecular flexibility index (Phi) is 9.64. The van der Waals surface area contributed by atoms with Crippen molar-refractivity contribution in [2.75, 3.05) is 18.6 Å². The maximum absolute atomic E-state index is 15.8. The standard InChI is InChI=1S/C44H54FN5O2/c1-27-11-9-14-31(21-27)42(51)50(37-17-15-34(37)41-35(45)16-18-38(48-41)49(8)32-24-44(25-32)19-20-44)33(23-43(5,6)7)26-52-39-22-36(46-30(4)47-39)40-28(2)12-10-13-29(40)3/h9-14,16,18,21-22,32-34,37H,15,17,19-20,23-26H2,1-8H3/t33-,34?,37?/m1/s1. The van der Waals surface area contributed by atoms with Gasteiger partial charge in [-0.15, -0.1) is 0 Å². The van der Waals surface area contributed by atoms with Crippen molar-refractivity contribution in [2.24, 2.45) is 10.8 Å². The van der Waals surface area contributed by atoms with Gasteiger partial charge in [0.1, 0.15) is 24.1 Å². The minimum Gasteiger partial charge on any atom is -0.475 e. The number of halogens is 1. The monoisotopic (exact) mass is 703 g/mol. The summed E-state index contributed by atoms with van der Waals surface area (Å²) < 4.78 is 22.4. The second kappa shape index (κ2) is 13.9. The smallest absolute Gasteiger partial charge is 0.254 e. The van der Waals surface area contributed by atoms with Crippen molar-refractivity contribution in [2.45, 2.75) is 117 Å². The topological polar surface area (TPSA) is 71.5 Å². The number of aromatic nitrogens is 3. The number of carbonyl (C=O) groups is 1. The fraction of sp³-hybridized carbons (Fsp3) is 0.500. The van der Waals surface area contributed by atoms with Crippen molar-refractivity contribution in [3.8, 4) is 17.1 Å². The van der Waals surface area contributed by atoms with Gasteiger partial charge in [-0.1, -0.05) is 56.7 Å². The van der Waals surface area contributed by atoms with Crippen molar-refractivity contribution in [1.29, 1.82) is 0 Å². The van der Waals surface area contributed by atoms with Gasteiger partial charge in [0.2, 0.25) is 5.88 Å². The van der Waals surface area contributed by atoms with Crippen molar-refractivity contribution in [3.63, 3.8) is 0 Å². The molecule has 2 aromatic carbocycles. The molecule has 3 aliphatic carbocycles. The molecule has 0 N–H and O–H groups in total. The summed E-state index contributed by atoms with van der Waals surface area (Å²) in [7, 11) is 2.09. The molecule has 1 amide bonds. The molecule has 8 heteroatoms. The van der Waals surface area contributed by atoms with Crippen LogP contribution < -0.4 is 9.64 Å². The number of aryl methyl sites for hydroxylation is 4. The number of amides is 1. The quantitative estimate of drug-likeness (QED) is 0.155. The molecule has 274 valence electrons. The summed E-state index contributed by atoms with van der Waals surface area (Å²) in [6.07, 6.45) is 7.25. The van der Waals surface area contributed by atoms with Gasteiger partial charge < -0.3 is 14.5 Å². The Hall–Kier alpha value is -4.33. The van der Waals surface area contributed by atoms with Crippen LogP contribution in [0.2, 0.25) is 0 Å². The zero-order valence-corrected chi connectivity index (χ0v) is 32.2. The van der Waals surface area contributed by atoms with Gasteiger partial charge in [0, 0.05) is 42.2 Å². The SMILES string of the molecule is Cc1cccc(C(=O)N(C2CCC2c2nc(N(C)C3CC4(CC4)C3)ccc2F)[C@@H](COc2cc(-c3c(C)cccc3C)nc(C)n2)CC(C)(C)C)c1. The molecule has 7 rings (SSSR count). The summed E-state index contributed by atoms with van der Waals surface area (Å²) in [6.45, 7) is 14.9.